The third-order valence-electron chi connectivity index (χ3n) is 2.46. The molecule has 1 amide bonds. The Kier molecular flexibility index (Phi) is 3.69. The minimum absolute atomic E-state index is 0.190. The first-order valence-corrected chi connectivity index (χ1v) is 5.65. The summed E-state index contributed by atoms with van der Waals surface area (Å²) in [6, 6.07) is 5.01. The maximum absolute atomic E-state index is 11.4. The Balaban J connectivity index is 2.16. The Morgan fingerprint density at radius 2 is 2.33 bits per heavy atom. The average molecular weight is 245 g/mol. The van der Waals surface area contributed by atoms with Crippen molar-refractivity contribution in [2.75, 3.05) is 0 Å². The van der Waals surface area contributed by atoms with Gasteiger partial charge in [-0.1, -0.05) is 6.07 Å². The predicted octanol–water partition coefficient (Wildman–Crippen LogP) is 0.231. The van der Waals surface area contributed by atoms with E-state index in [9.17, 15) is 4.79 Å². The van der Waals surface area contributed by atoms with Gasteiger partial charge in [0.2, 0.25) is 5.91 Å². The number of carbonyl (C=O) groups is 1. The molecular formula is C12H15N5O. The molecule has 0 aliphatic heterocycles. The Hall–Kier alpha value is -2.21. The molecule has 0 saturated carbocycles. The molecule has 0 aromatic carbocycles. The number of nitrogens with one attached hydrogen (secondary N) is 1. The van der Waals surface area contributed by atoms with E-state index < -0.39 is 6.04 Å². The number of hydrogen-bond acceptors (Lipinski definition) is 4. The molecule has 1 atom stereocenters. The van der Waals surface area contributed by atoms with E-state index in [1.807, 2.05) is 18.2 Å². The van der Waals surface area contributed by atoms with Gasteiger partial charge >= 0.3 is 0 Å². The van der Waals surface area contributed by atoms with Crippen molar-refractivity contribution in [3.63, 3.8) is 0 Å². The molecule has 0 bridgehead atoms. The molecule has 2 heterocycles. The van der Waals surface area contributed by atoms with Crippen molar-refractivity contribution in [3.8, 4) is 5.82 Å². The first kappa shape index (κ1) is 12.3. The van der Waals surface area contributed by atoms with Crippen LogP contribution in [0.15, 0.2) is 36.8 Å². The summed E-state index contributed by atoms with van der Waals surface area (Å²) in [5.41, 5.74) is 6.37. The minimum atomic E-state index is -0.519. The predicted molar refractivity (Wildman–Crippen MR) is 66.9 cm³/mol. The summed E-state index contributed by atoms with van der Waals surface area (Å²) >= 11 is 0. The zero-order chi connectivity index (χ0) is 13.0. The second-order valence-corrected chi connectivity index (χ2v) is 3.94. The summed E-state index contributed by atoms with van der Waals surface area (Å²) in [6.07, 6.45) is 5.17. The van der Waals surface area contributed by atoms with Crippen LogP contribution in [0, 0.1) is 0 Å². The highest BCUT2D eigenvalue weighted by Crippen LogP contribution is 2.09. The third kappa shape index (κ3) is 2.72. The summed E-state index contributed by atoms with van der Waals surface area (Å²) < 4.78 is 1.66. The lowest BCUT2D eigenvalue weighted by Gasteiger charge is -2.10. The molecule has 0 radical (unpaired) electrons. The molecule has 0 aliphatic carbocycles. The van der Waals surface area contributed by atoms with E-state index in [-0.39, 0.29) is 5.91 Å². The smallest absolute Gasteiger partial charge is 0.236 e. The number of pyridine rings is 1. The first-order chi connectivity index (χ1) is 8.68. The summed E-state index contributed by atoms with van der Waals surface area (Å²) in [7, 11) is 0. The van der Waals surface area contributed by atoms with Crippen LogP contribution in [0.25, 0.3) is 5.82 Å². The maximum Gasteiger partial charge on any atom is 0.236 e. The number of amides is 1. The van der Waals surface area contributed by atoms with Crippen molar-refractivity contribution in [1.29, 1.82) is 0 Å². The number of carbonyl (C=O) groups excluding carboxylic acids is 1. The van der Waals surface area contributed by atoms with E-state index in [4.69, 9.17) is 5.73 Å². The van der Waals surface area contributed by atoms with Gasteiger partial charge in [0, 0.05) is 30.7 Å². The lowest BCUT2D eigenvalue weighted by Crippen LogP contribution is -2.38. The van der Waals surface area contributed by atoms with Crippen LogP contribution < -0.4 is 11.1 Å². The normalized spacial score (nSPS) is 12.1. The first-order valence-electron chi connectivity index (χ1n) is 5.65. The van der Waals surface area contributed by atoms with Crippen LogP contribution in [0.1, 0.15) is 12.5 Å². The minimum Gasteiger partial charge on any atom is -0.351 e. The van der Waals surface area contributed by atoms with Gasteiger partial charge in [-0.3, -0.25) is 4.79 Å². The highest BCUT2D eigenvalue weighted by molar-refractivity contribution is 5.80. The molecule has 2 rings (SSSR count). The van der Waals surface area contributed by atoms with E-state index in [0.29, 0.717) is 12.4 Å². The number of hydrogen-bond donors (Lipinski definition) is 2. The zero-order valence-corrected chi connectivity index (χ0v) is 10.1. The van der Waals surface area contributed by atoms with Crippen LogP contribution >= 0.6 is 0 Å². The van der Waals surface area contributed by atoms with Crippen molar-refractivity contribution in [2.24, 2.45) is 5.73 Å². The average Bonchev–Trinajstić information content (AvgIpc) is 2.89. The Morgan fingerprint density at radius 1 is 1.50 bits per heavy atom. The van der Waals surface area contributed by atoms with Gasteiger partial charge in [0.25, 0.3) is 0 Å². The molecule has 0 aliphatic rings. The fraction of sp³-hybridized carbons (Fsp3) is 0.250. The molecular weight excluding hydrogens is 230 g/mol. The van der Waals surface area contributed by atoms with E-state index in [1.54, 1.807) is 30.2 Å². The third-order valence-corrected chi connectivity index (χ3v) is 2.46. The van der Waals surface area contributed by atoms with Gasteiger partial charge in [0.15, 0.2) is 5.82 Å². The topological polar surface area (TPSA) is 85.8 Å². The van der Waals surface area contributed by atoms with Gasteiger partial charge in [-0.15, -0.1) is 0 Å². The van der Waals surface area contributed by atoms with Crippen LogP contribution in [0.3, 0.4) is 0 Å². The van der Waals surface area contributed by atoms with Gasteiger partial charge in [-0.05, 0) is 19.1 Å². The fourth-order valence-electron chi connectivity index (χ4n) is 1.51. The monoisotopic (exact) mass is 245 g/mol. The number of rotatable bonds is 4. The van der Waals surface area contributed by atoms with Crippen molar-refractivity contribution in [1.82, 2.24) is 20.1 Å². The standard InChI is InChI=1S/C12H15N5O/c1-9(13)12(18)15-8-10-4-2-5-14-11(10)17-7-3-6-16-17/h2-7,9H,8,13H2,1H3,(H,15,18). The number of aromatic nitrogens is 3. The summed E-state index contributed by atoms with van der Waals surface area (Å²) in [5, 5.41) is 6.88. The van der Waals surface area contributed by atoms with Crippen molar-refractivity contribution >= 4 is 5.91 Å². The van der Waals surface area contributed by atoms with Crippen LogP contribution in [0.4, 0.5) is 0 Å². The molecule has 6 nitrogen and oxygen atoms in total. The van der Waals surface area contributed by atoms with Gasteiger partial charge < -0.3 is 11.1 Å². The summed E-state index contributed by atoms with van der Waals surface area (Å²) in [5.74, 6) is 0.512. The van der Waals surface area contributed by atoms with Crippen LogP contribution in [0.2, 0.25) is 0 Å². The van der Waals surface area contributed by atoms with Gasteiger partial charge in [0.05, 0.1) is 6.04 Å². The van der Waals surface area contributed by atoms with Gasteiger partial charge in [0.1, 0.15) is 0 Å². The maximum atomic E-state index is 11.4. The lowest BCUT2D eigenvalue weighted by atomic mass is 10.2. The molecule has 18 heavy (non-hydrogen) atoms. The highest BCUT2D eigenvalue weighted by atomic mass is 16.2. The SMILES string of the molecule is CC(N)C(=O)NCc1cccnc1-n1cccn1. The van der Waals surface area contributed by atoms with Crippen molar-refractivity contribution in [2.45, 2.75) is 19.5 Å². The molecule has 0 spiro atoms. The Labute approximate surface area is 105 Å². The van der Waals surface area contributed by atoms with Gasteiger partial charge in [-0.25, -0.2) is 9.67 Å². The molecule has 0 saturated heterocycles. The second-order valence-electron chi connectivity index (χ2n) is 3.94. The highest BCUT2D eigenvalue weighted by Gasteiger charge is 2.09. The number of nitrogens with zero attached hydrogens (tertiary/aromatic N) is 3. The van der Waals surface area contributed by atoms with E-state index in [1.165, 1.54) is 0 Å². The summed E-state index contributed by atoms with van der Waals surface area (Å²) in [4.78, 5) is 15.7. The quantitative estimate of drug-likeness (QED) is 0.807. The van der Waals surface area contributed by atoms with E-state index >= 15 is 0 Å². The molecule has 2 aromatic heterocycles. The summed E-state index contributed by atoms with van der Waals surface area (Å²) in [6.45, 7) is 2.02. The molecule has 2 aromatic rings. The molecule has 3 N–H and O–H groups in total. The lowest BCUT2D eigenvalue weighted by molar-refractivity contribution is -0.122. The molecule has 1 unspecified atom stereocenters. The largest absolute Gasteiger partial charge is 0.351 e. The fourth-order valence-corrected chi connectivity index (χ4v) is 1.51. The Bertz CT molecular complexity index is 521. The van der Waals surface area contributed by atoms with Gasteiger partial charge in [-0.2, -0.15) is 5.10 Å². The van der Waals surface area contributed by atoms with Crippen molar-refractivity contribution in [3.05, 3.63) is 42.4 Å². The van der Waals surface area contributed by atoms with Crippen LogP contribution in [-0.2, 0) is 11.3 Å². The Morgan fingerprint density at radius 3 is 3.00 bits per heavy atom. The van der Waals surface area contributed by atoms with E-state index in [0.717, 1.165) is 5.56 Å². The van der Waals surface area contributed by atoms with Crippen LogP contribution in [-0.4, -0.2) is 26.7 Å². The van der Waals surface area contributed by atoms with Crippen molar-refractivity contribution < 1.29 is 4.79 Å². The zero-order valence-electron chi connectivity index (χ0n) is 10.1. The molecule has 0 fully saturated rings. The number of nitrogens with two attached hydrogens (primary N) is 1. The molecule has 6 heteroatoms. The van der Waals surface area contributed by atoms with E-state index in [2.05, 4.69) is 15.4 Å². The van der Waals surface area contributed by atoms with Crippen LogP contribution in [0.5, 0.6) is 0 Å². The second kappa shape index (κ2) is 5.42. The molecule has 94 valence electrons.